The van der Waals surface area contributed by atoms with E-state index >= 15 is 0 Å². The molecule has 0 aliphatic heterocycles. The molecule has 0 aliphatic rings. The van der Waals surface area contributed by atoms with Crippen molar-refractivity contribution in [3.63, 3.8) is 0 Å². The van der Waals surface area contributed by atoms with Gasteiger partial charge >= 0.3 is 17.9 Å². The van der Waals surface area contributed by atoms with E-state index in [4.69, 9.17) is 14.2 Å². The zero-order valence-corrected chi connectivity index (χ0v) is 52.9. The monoisotopic (exact) mass is 1110 g/mol. The SMILES string of the molecule is CC/C=C\C/C=C\C/C=C\C/C=C\CCCCC(=O)OC(COC(=O)CCCCCCCCCCCCC)COC(=O)CCCCCCCCCCCCCCCCCCCCCCCCC/C=C\CCCCCCCCCC. The van der Waals surface area contributed by atoms with Crippen molar-refractivity contribution in [2.24, 2.45) is 0 Å². The molecule has 0 heterocycles. The molecular formula is C73H132O6. The van der Waals surface area contributed by atoms with Gasteiger partial charge in [0.2, 0.25) is 0 Å². The summed E-state index contributed by atoms with van der Waals surface area (Å²) in [7, 11) is 0. The number of esters is 3. The molecule has 0 saturated heterocycles. The molecular weight excluding hydrogens is 973 g/mol. The molecule has 0 amide bonds. The van der Waals surface area contributed by atoms with E-state index in [-0.39, 0.29) is 37.5 Å². The minimum atomic E-state index is -0.793. The van der Waals surface area contributed by atoms with Crippen LogP contribution in [0.3, 0.4) is 0 Å². The third-order valence-corrected chi connectivity index (χ3v) is 15.5. The number of unbranched alkanes of at least 4 members (excludes halogenated alkanes) is 43. The van der Waals surface area contributed by atoms with E-state index in [1.54, 1.807) is 0 Å². The van der Waals surface area contributed by atoms with Crippen LogP contribution in [-0.2, 0) is 28.6 Å². The van der Waals surface area contributed by atoms with E-state index in [1.807, 2.05) is 0 Å². The number of ether oxygens (including phenoxy) is 3. The number of allylic oxidation sites excluding steroid dienone is 10. The van der Waals surface area contributed by atoms with Crippen LogP contribution in [0.5, 0.6) is 0 Å². The summed E-state index contributed by atoms with van der Waals surface area (Å²) in [5, 5.41) is 0. The summed E-state index contributed by atoms with van der Waals surface area (Å²) in [6.07, 6.45) is 87.1. The molecule has 0 aliphatic carbocycles. The number of hydrogen-bond acceptors (Lipinski definition) is 6. The van der Waals surface area contributed by atoms with E-state index < -0.39 is 6.10 Å². The highest BCUT2D eigenvalue weighted by molar-refractivity contribution is 5.71. The number of carbonyl (C=O) groups excluding carboxylic acids is 3. The van der Waals surface area contributed by atoms with Gasteiger partial charge in [-0.3, -0.25) is 14.4 Å². The highest BCUT2D eigenvalue weighted by atomic mass is 16.6. The molecule has 0 rings (SSSR count). The predicted octanol–water partition coefficient (Wildman–Crippen LogP) is 23.9. The molecule has 1 unspecified atom stereocenters. The van der Waals surface area contributed by atoms with Gasteiger partial charge < -0.3 is 14.2 Å². The Morgan fingerprint density at radius 3 is 0.810 bits per heavy atom. The average molecular weight is 1110 g/mol. The Hall–Kier alpha value is -2.89. The number of hydrogen-bond donors (Lipinski definition) is 0. The van der Waals surface area contributed by atoms with Gasteiger partial charge in [-0.2, -0.15) is 0 Å². The molecule has 6 heteroatoms. The summed E-state index contributed by atoms with van der Waals surface area (Å²) >= 11 is 0. The van der Waals surface area contributed by atoms with Crippen molar-refractivity contribution in [3.05, 3.63) is 60.8 Å². The predicted molar refractivity (Wildman–Crippen MR) is 344 cm³/mol. The summed E-state index contributed by atoms with van der Waals surface area (Å²) in [6.45, 7) is 6.53. The largest absolute Gasteiger partial charge is 0.462 e. The molecule has 0 aromatic carbocycles. The third-order valence-electron chi connectivity index (χ3n) is 15.5. The topological polar surface area (TPSA) is 78.9 Å². The normalized spacial score (nSPS) is 12.4. The van der Waals surface area contributed by atoms with Crippen molar-refractivity contribution < 1.29 is 28.6 Å². The molecule has 6 nitrogen and oxygen atoms in total. The van der Waals surface area contributed by atoms with Crippen molar-refractivity contribution in [1.82, 2.24) is 0 Å². The molecule has 460 valence electrons. The van der Waals surface area contributed by atoms with Gasteiger partial charge in [-0.15, -0.1) is 0 Å². The fourth-order valence-electron chi connectivity index (χ4n) is 10.3. The molecule has 0 saturated carbocycles. The van der Waals surface area contributed by atoms with Crippen LogP contribution < -0.4 is 0 Å². The van der Waals surface area contributed by atoms with Gasteiger partial charge in [0.05, 0.1) is 0 Å². The Kier molecular flexibility index (Phi) is 65.1. The third kappa shape index (κ3) is 65.8. The van der Waals surface area contributed by atoms with Gasteiger partial charge in [0, 0.05) is 19.3 Å². The summed E-state index contributed by atoms with van der Waals surface area (Å²) in [4.78, 5) is 38.2. The standard InChI is InChI=1S/C73H132O6/c1-4-7-10-13-16-19-22-24-26-27-28-29-30-31-32-33-34-35-36-37-38-39-40-41-42-43-44-45-47-48-51-54-57-60-63-66-72(75)78-69-70(68-77-71(74)65-62-59-56-53-50-21-18-15-12-9-6-3)79-73(76)67-64-61-58-55-52-49-46-25-23-20-17-14-11-8-5-2/h8,11,17,20,25,27-28,46,52,55,70H,4-7,9-10,12-16,18-19,21-24,26,29-45,47-51,53-54,56-69H2,1-3H3/b11-8-,20-17-,28-27-,46-25-,55-52-. The smallest absolute Gasteiger partial charge is 0.306 e. The van der Waals surface area contributed by atoms with Gasteiger partial charge in [-0.05, 0) is 83.5 Å². The summed E-state index contributed by atoms with van der Waals surface area (Å²) in [5.41, 5.74) is 0. The Morgan fingerprint density at radius 1 is 0.266 bits per heavy atom. The molecule has 0 N–H and O–H groups in total. The summed E-state index contributed by atoms with van der Waals surface area (Å²) in [6, 6.07) is 0. The highest BCUT2D eigenvalue weighted by Gasteiger charge is 2.19. The van der Waals surface area contributed by atoms with E-state index in [0.717, 1.165) is 77.0 Å². The quantitative estimate of drug-likeness (QED) is 0.0261. The first-order valence-corrected chi connectivity index (χ1v) is 34.8. The summed E-state index contributed by atoms with van der Waals surface area (Å²) < 4.78 is 16.9. The maximum absolute atomic E-state index is 12.9. The van der Waals surface area contributed by atoms with Gasteiger partial charge in [0.25, 0.3) is 0 Å². The van der Waals surface area contributed by atoms with Gasteiger partial charge in [-0.1, -0.05) is 326 Å². The maximum Gasteiger partial charge on any atom is 0.306 e. The van der Waals surface area contributed by atoms with E-state index in [1.165, 1.54) is 244 Å². The minimum absolute atomic E-state index is 0.0865. The molecule has 0 aromatic rings. The lowest BCUT2D eigenvalue weighted by Crippen LogP contribution is -2.30. The lowest BCUT2D eigenvalue weighted by molar-refractivity contribution is -0.167. The Morgan fingerprint density at radius 2 is 0.494 bits per heavy atom. The van der Waals surface area contributed by atoms with Crippen LogP contribution in [-0.4, -0.2) is 37.2 Å². The van der Waals surface area contributed by atoms with Crippen molar-refractivity contribution in [3.8, 4) is 0 Å². The molecule has 79 heavy (non-hydrogen) atoms. The van der Waals surface area contributed by atoms with Crippen LogP contribution in [0.2, 0.25) is 0 Å². The fourth-order valence-corrected chi connectivity index (χ4v) is 10.3. The zero-order chi connectivity index (χ0) is 57.1. The maximum atomic E-state index is 12.9. The van der Waals surface area contributed by atoms with E-state index in [0.29, 0.717) is 19.3 Å². The first kappa shape index (κ1) is 76.1. The molecule has 0 spiro atoms. The van der Waals surface area contributed by atoms with Gasteiger partial charge in [-0.25, -0.2) is 0 Å². The van der Waals surface area contributed by atoms with Crippen LogP contribution in [0.1, 0.15) is 367 Å². The molecule has 0 aromatic heterocycles. The van der Waals surface area contributed by atoms with Crippen molar-refractivity contribution in [2.75, 3.05) is 13.2 Å². The zero-order valence-electron chi connectivity index (χ0n) is 52.9. The number of carbonyl (C=O) groups is 3. The Bertz CT molecular complexity index is 1410. The second-order valence-corrected chi connectivity index (χ2v) is 23.4. The van der Waals surface area contributed by atoms with E-state index in [2.05, 4.69) is 81.5 Å². The molecule has 0 fully saturated rings. The minimum Gasteiger partial charge on any atom is -0.462 e. The Balaban J connectivity index is 4.04. The first-order valence-electron chi connectivity index (χ1n) is 34.8. The number of rotatable bonds is 64. The lowest BCUT2D eigenvalue weighted by atomic mass is 10.0. The van der Waals surface area contributed by atoms with Crippen molar-refractivity contribution in [2.45, 2.75) is 374 Å². The van der Waals surface area contributed by atoms with Crippen LogP contribution in [0, 0.1) is 0 Å². The van der Waals surface area contributed by atoms with Gasteiger partial charge in [0.15, 0.2) is 6.10 Å². The second-order valence-electron chi connectivity index (χ2n) is 23.4. The molecule has 0 radical (unpaired) electrons. The fraction of sp³-hybridized carbons (Fsp3) is 0.822. The molecule has 0 bridgehead atoms. The van der Waals surface area contributed by atoms with E-state index in [9.17, 15) is 14.4 Å². The van der Waals surface area contributed by atoms with Crippen molar-refractivity contribution >= 4 is 17.9 Å². The highest BCUT2D eigenvalue weighted by Crippen LogP contribution is 2.18. The van der Waals surface area contributed by atoms with Crippen LogP contribution in [0.25, 0.3) is 0 Å². The average Bonchev–Trinajstić information content (AvgIpc) is 3.45. The lowest BCUT2D eigenvalue weighted by Gasteiger charge is -2.18. The Labute approximate surface area is 491 Å². The van der Waals surface area contributed by atoms with Crippen LogP contribution in [0.15, 0.2) is 60.8 Å². The first-order chi connectivity index (χ1) is 39.0. The van der Waals surface area contributed by atoms with Gasteiger partial charge in [0.1, 0.15) is 13.2 Å². The second kappa shape index (κ2) is 67.6. The molecule has 1 atom stereocenters. The van der Waals surface area contributed by atoms with Crippen LogP contribution in [0.4, 0.5) is 0 Å². The van der Waals surface area contributed by atoms with Crippen LogP contribution >= 0.6 is 0 Å². The van der Waals surface area contributed by atoms with Crippen molar-refractivity contribution in [1.29, 1.82) is 0 Å². The summed E-state index contributed by atoms with van der Waals surface area (Å²) in [5.74, 6) is -0.911.